The number of carbonyl (C=O) groups is 1. The zero-order chi connectivity index (χ0) is 26.9. The van der Waals surface area contributed by atoms with Crippen LogP contribution in [0.3, 0.4) is 0 Å². The van der Waals surface area contributed by atoms with Crippen LogP contribution in [-0.4, -0.2) is 67.5 Å². The molecule has 1 aromatic heterocycles. The van der Waals surface area contributed by atoms with Gasteiger partial charge in [-0.3, -0.25) is 4.90 Å². The van der Waals surface area contributed by atoms with E-state index in [2.05, 4.69) is 31.1 Å². The Bertz CT molecular complexity index is 1160. The Morgan fingerprint density at radius 1 is 1.18 bits per heavy atom. The van der Waals surface area contributed by atoms with Crippen LogP contribution in [0.25, 0.3) is 11.4 Å². The van der Waals surface area contributed by atoms with E-state index in [-0.39, 0.29) is 11.8 Å². The van der Waals surface area contributed by atoms with Gasteiger partial charge in [0.1, 0.15) is 5.82 Å². The summed E-state index contributed by atoms with van der Waals surface area (Å²) >= 11 is 0. The fraction of sp³-hybridized carbons (Fsp3) is 0.500. The fourth-order valence-electron chi connectivity index (χ4n) is 5.09. The Hall–Kier alpha value is -3.37. The van der Waals surface area contributed by atoms with Crippen molar-refractivity contribution in [2.24, 2.45) is 7.05 Å². The van der Waals surface area contributed by atoms with Gasteiger partial charge in [-0.05, 0) is 79.4 Å². The first-order valence-corrected chi connectivity index (χ1v) is 13.5. The number of nitrogens with zero attached hydrogens (tertiary/aromatic N) is 5. The van der Waals surface area contributed by atoms with Gasteiger partial charge in [0.05, 0.1) is 12.1 Å². The van der Waals surface area contributed by atoms with E-state index in [9.17, 15) is 14.3 Å². The Labute approximate surface area is 223 Å². The number of nitrogens with one attached hydrogen (secondary N) is 2. The predicted octanol–water partition coefficient (Wildman–Crippen LogP) is 4.15. The number of aryl methyl sites for hydroxylation is 2. The maximum absolute atomic E-state index is 13.2. The molecule has 204 valence electrons. The summed E-state index contributed by atoms with van der Waals surface area (Å²) in [4.78, 5) is 15.1. The number of carbonyl (C=O) groups excluding carboxylic acids is 1. The van der Waals surface area contributed by atoms with Crippen molar-refractivity contribution in [3.63, 3.8) is 0 Å². The molecule has 10 heteroatoms. The van der Waals surface area contributed by atoms with E-state index in [1.165, 1.54) is 31.4 Å². The van der Waals surface area contributed by atoms with E-state index >= 15 is 0 Å². The van der Waals surface area contributed by atoms with Crippen LogP contribution in [0.2, 0.25) is 0 Å². The lowest BCUT2D eigenvalue weighted by molar-refractivity contribution is 0.0558. The van der Waals surface area contributed by atoms with Crippen LogP contribution in [-0.2, 0) is 13.5 Å². The fourth-order valence-corrected chi connectivity index (χ4v) is 5.09. The van der Waals surface area contributed by atoms with Gasteiger partial charge < -0.3 is 15.7 Å². The Kier molecular flexibility index (Phi) is 9.78. The van der Waals surface area contributed by atoms with Crippen LogP contribution in [0.1, 0.15) is 51.0 Å². The smallest absolute Gasteiger partial charge is 0.319 e. The number of aromatic nitrogens is 4. The molecular weight excluding hydrogens is 485 g/mol. The van der Waals surface area contributed by atoms with Crippen LogP contribution in [0.15, 0.2) is 48.5 Å². The number of aliphatic hydroxyl groups is 1. The maximum Gasteiger partial charge on any atom is 0.319 e. The first-order chi connectivity index (χ1) is 18.4. The lowest BCUT2D eigenvalue weighted by Gasteiger charge is -2.37. The summed E-state index contributed by atoms with van der Waals surface area (Å²) in [6, 6.07) is 13.6. The third-order valence-corrected chi connectivity index (χ3v) is 7.27. The van der Waals surface area contributed by atoms with Crippen LogP contribution in [0.4, 0.5) is 14.9 Å². The SMILES string of the molecule is C[C@@H](NC(=O)Nc1cccc(-c2nnnn2C)c1)[C@@H](O)CN(CCCc1ccc(F)cc1)C1CCCCC1. The molecule has 9 nitrogen and oxygen atoms in total. The number of anilines is 1. The van der Waals surface area contributed by atoms with Crippen molar-refractivity contribution >= 4 is 11.7 Å². The normalized spacial score (nSPS) is 15.8. The molecule has 2 atom stereocenters. The molecule has 0 radical (unpaired) electrons. The van der Waals surface area contributed by atoms with Crippen molar-refractivity contribution in [3.05, 3.63) is 59.9 Å². The molecule has 3 aromatic rings. The Morgan fingerprint density at radius 2 is 1.95 bits per heavy atom. The van der Waals surface area contributed by atoms with Gasteiger partial charge in [-0.2, -0.15) is 0 Å². The number of amides is 2. The molecule has 1 heterocycles. The van der Waals surface area contributed by atoms with E-state index in [4.69, 9.17) is 0 Å². The summed E-state index contributed by atoms with van der Waals surface area (Å²) in [7, 11) is 1.75. The lowest BCUT2D eigenvalue weighted by atomic mass is 9.93. The molecule has 0 aliphatic heterocycles. The number of halogens is 1. The molecule has 2 amide bonds. The van der Waals surface area contributed by atoms with Crippen molar-refractivity contribution in [2.75, 3.05) is 18.4 Å². The highest BCUT2D eigenvalue weighted by Gasteiger charge is 2.26. The molecule has 0 unspecified atom stereocenters. The number of hydrogen-bond acceptors (Lipinski definition) is 6. The molecular formula is C28H38FN7O2. The molecule has 1 fully saturated rings. The number of tetrazole rings is 1. The Balaban J connectivity index is 1.30. The van der Waals surface area contributed by atoms with E-state index in [1.54, 1.807) is 23.9 Å². The van der Waals surface area contributed by atoms with Crippen molar-refractivity contribution in [3.8, 4) is 11.4 Å². The van der Waals surface area contributed by atoms with E-state index in [1.807, 2.05) is 31.2 Å². The first kappa shape index (κ1) is 27.7. The first-order valence-electron chi connectivity index (χ1n) is 13.5. The molecule has 1 saturated carbocycles. The summed E-state index contributed by atoms with van der Waals surface area (Å²) in [5.41, 5.74) is 2.50. The summed E-state index contributed by atoms with van der Waals surface area (Å²) in [5.74, 6) is 0.377. The van der Waals surface area contributed by atoms with Gasteiger partial charge in [0, 0.05) is 30.9 Å². The van der Waals surface area contributed by atoms with Crippen molar-refractivity contribution in [2.45, 2.75) is 70.1 Å². The van der Waals surface area contributed by atoms with Crippen LogP contribution in [0, 0.1) is 5.82 Å². The second kappa shape index (κ2) is 13.4. The van der Waals surface area contributed by atoms with Crippen molar-refractivity contribution in [1.29, 1.82) is 0 Å². The molecule has 1 aliphatic rings. The summed E-state index contributed by atoms with van der Waals surface area (Å²) < 4.78 is 14.8. The van der Waals surface area contributed by atoms with Crippen LogP contribution >= 0.6 is 0 Å². The summed E-state index contributed by atoms with van der Waals surface area (Å²) in [6.45, 7) is 3.16. The molecule has 0 spiro atoms. The average Bonchev–Trinajstić information content (AvgIpc) is 3.35. The number of urea groups is 1. The zero-order valence-corrected chi connectivity index (χ0v) is 22.2. The monoisotopic (exact) mass is 523 g/mol. The number of benzene rings is 2. The molecule has 0 bridgehead atoms. The van der Waals surface area contributed by atoms with Gasteiger partial charge in [0.15, 0.2) is 5.82 Å². The van der Waals surface area contributed by atoms with Crippen molar-refractivity contribution < 1.29 is 14.3 Å². The minimum Gasteiger partial charge on any atom is -0.390 e. The van der Waals surface area contributed by atoms with Crippen molar-refractivity contribution in [1.82, 2.24) is 30.4 Å². The Morgan fingerprint density at radius 3 is 2.66 bits per heavy atom. The number of aliphatic hydroxyl groups excluding tert-OH is 1. The maximum atomic E-state index is 13.2. The molecule has 1 aliphatic carbocycles. The third-order valence-electron chi connectivity index (χ3n) is 7.27. The molecule has 3 N–H and O–H groups in total. The summed E-state index contributed by atoms with van der Waals surface area (Å²) in [5, 5.41) is 28.3. The van der Waals surface area contributed by atoms with Gasteiger partial charge in [0.2, 0.25) is 0 Å². The van der Waals surface area contributed by atoms with Gasteiger partial charge in [-0.25, -0.2) is 13.9 Å². The largest absolute Gasteiger partial charge is 0.390 e. The number of hydrogen-bond donors (Lipinski definition) is 3. The molecule has 2 aromatic carbocycles. The van der Waals surface area contributed by atoms with E-state index < -0.39 is 12.1 Å². The zero-order valence-electron chi connectivity index (χ0n) is 22.2. The van der Waals surface area contributed by atoms with E-state index in [0.717, 1.165) is 43.4 Å². The minimum atomic E-state index is -0.718. The highest BCUT2D eigenvalue weighted by Crippen LogP contribution is 2.24. The number of rotatable bonds is 11. The third kappa shape index (κ3) is 7.82. The lowest BCUT2D eigenvalue weighted by Crippen LogP contribution is -2.50. The van der Waals surface area contributed by atoms with Crippen LogP contribution in [0.5, 0.6) is 0 Å². The topological polar surface area (TPSA) is 108 Å². The highest BCUT2D eigenvalue weighted by atomic mass is 19.1. The average molecular weight is 524 g/mol. The predicted molar refractivity (Wildman–Crippen MR) is 145 cm³/mol. The van der Waals surface area contributed by atoms with E-state index in [0.29, 0.717) is 24.1 Å². The van der Waals surface area contributed by atoms with Gasteiger partial charge in [-0.1, -0.05) is 43.5 Å². The van der Waals surface area contributed by atoms with Gasteiger partial charge in [0.25, 0.3) is 0 Å². The molecule has 0 saturated heterocycles. The standard InChI is InChI=1S/C28H38FN7O2/c1-20(30-28(38)31-24-10-6-9-22(18-24)27-32-33-34-35(27)2)26(37)19-36(25-11-4-3-5-12-25)17-7-8-21-13-15-23(29)16-14-21/h6,9-10,13-16,18,20,25-26,37H,3-5,7-8,11-12,17,19H2,1-2H3,(H2,30,31,38)/t20-,26+/m1/s1. The second-order valence-corrected chi connectivity index (χ2v) is 10.2. The summed E-state index contributed by atoms with van der Waals surface area (Å²) in [6.07, 6.45) is 6.99. The van der Waals surface area contributed by atoms with Gasteiger partial charge in [-0.15, -0.1) is 5.10 Å². The highest BCUT2D eigenvalue weighted by molar-refractivity contribution is 5.90. The molecule has 4 rings (SSSR count). The second-order valence-electron chi connectivity index (χ2n) is 10.2. The quantitative estimate of drug-likeness (QED) is 0.348. The van der Waals surface area contributed by atoms with Gasteiger partial charge >= 0.3 is 6.03 Å². The van der Waals surface area contributed by atoms with Crippen LogP contribution < -0.4 is 10.6 Å². The molecule has 38 heavy (non-hydrogen) atoms. The minimum absolute atomic E-state index is 0.221.